The van der Waals surface area contributed by atoms with Crippen molar-refractivity contribution in [3.05, 3.63) is 18.1 Å². The van der Waals surface area contributed by atoms with Gasteiger partial charge in [0.1, 0.15) is 17.7 Å². The average molecular weight is 250 g/mol. The number of carboxylic acids is 1. The van der Waals surface area contributed by atoms with Gasteiger partial charge in [-0.2, -0.15) is 0 Å². The van der Waals surface area contributed by atoms with E-state index in [1.807, 2.05) is 17.9 Å². The molecule has 6 nitrogen and oxygen atoms in total. The van der Waals surface area contributed by atoms with Gasteiger partial charge in [-0.05, 0) is 19.9 Å². The summed E-state index contributed by atoms with van der Waals surface area (Å²) in [6, 6.07) is 1.47. The van der Waals surface area contributed by atoms with Crippen LogP contribution in [-0.2, 0) is 4.79 Å². The molecule has 98 valence electrons. The average Bonchev–Trinajstić information content (AvgIpc) is 2.38. The Labute approximate surface area is 106 Å². The molecule has 6 heteroatoms. The number of carbonyl (C=O) groups is 1. The number of anilines is 1. The maximum atomic E-state index is 10.9. The summed E-state index contributed by atoms with van der Waals surface area (Å²) in [5.41, 5.74) is 0. The molecule has 1 fully saturated rings. The molecule has 2 rings (SSSR count). The largest absolute Gasteiger partial charge is 0.480 e. The molecule has 0 aromatic carbocycles. The van der Waals surface area contributed by atoms with Gasteiger partial charge in [0.2, 0.25) is 0 Å². The highest BCUT2D eigenvalue weighted by Crippen LogP contribution is 2.14. The molecular formula is C12H18N4O2. The second-order valence-electron chi connectivity index (χ2n) is 4.50. The highest BCUT2D eigenvalue weighted by Gasteiger charge is 2.25. The monoisotopic (exact) mass is 250 g/mol. The Morgan fingerprint density at radius 2 is 2.06 bits per heavy atom. The molecule has 0 saturated carbocycles. The summed E-state index contributed by atoms with van der Waals surface area (Å²) in [6.45, 7) is 6.69. The zero-order valence-electron chi connectivity index (χ0n) is 10.7. The van der Waals surface area contributed by atoms with E-state index < -0.39 is 12.0 Å². The van der Waals surface area contributed by atoms with Crippen molar-refractivity contribution in [2.24, 2.45) is 0 Å². The molecule has 1 aromatic rings. The number of hydrogen-bond acceptors (Lipinski definition) is 5. The van der Waals surface area contributed by atoms with Crippen LogP contribution in [0.25, 0.3) is 0 Å². The van der Waals surface area contributed by atoms with Gasteiger partial charge >= 0.3 is 5.97 Å². The van der Waals surface area contributed by atoms with E-state index in [0.29, 0.717) is 0 Å². The fourth-order valence-electron chi connectivity index (χ4n) is 2.11. The van der Waals surface area contributed by atoms with Gasteiger partial charge < -0.3 is 10.0 Å². The van der Waals surface area contributed by atoms with E-state index in [2.05, 4.69) is 14.9 Å². The lowest BCUT2D eigenvalue weighted by molar-refractivity contribution is -0.142. The summed E-state index contributed by atoms with van der Waals surface area (Å²) in [6.07, 6.45) is 1.75. The van der Waals surface area contributed by atoms with Crippen molar-refractivity contribution >= 4 is 11.8 Å². The molecule has 0 spiro atoms. The molecule has 1 N–H and O–H groups in total. The van der Waals surface area contributed by atoms with Gasteiger partial charge in [-0.1, -0.05) is 0 Å². The molecule has 0 aliphatic carbocycles. The van der Waals surface area contributed by atoms with Gasteiger partial charge in [0.25, 0.3) is 0 Å². The highest BCUT2D eigenvalue weighted by atomic mass is 16.4. The van der Waals surface area contributed by atoms with E-state index >= 15 is 0 Å². The Balaban J connectivity index is 1.96. The number of aromatic nitrogens is 2. The second-order valence-corrected chi connectivity index (χ2v) is 4.50. The summed E-state index contributed by atoms with van der Waals surface area (Å²) in [5, 5.41) is 8.98. The van der Waals surface area contributed by atoms with Crippen molar-refractivity contribution in [3.8, 4) is 0 Å². The predicted molar refractivity (Wildman–Crippen MR) is 67.7 cm³/mol. The summed E-state index contributed by atoms with van der Waals surface area (Å²) in [5.74, 6) is 0.917. The first-order valence-electron chi connectivity index (χ1n) is 6.09. The van der Waals surface area contributed by atoms with Gasteiger partial charge in [0.05, 0.1) is 0 Å². The van der Waals surface area contributed by atoms with Crippen molar-refractivity contribution < 1.29 is 9.90 Å². The minimum atomic E-state index is -0.763. The van der Waals surface area contributed by atoms with Gasteiger partial charge in [-0.15, -0.1) is 0 Å². The lowest BCUT2D eigenvalue weighted by atomic mass is 10.2. The van der Waals surface area contributed by atoms with Crippen molar-refractivity contribution in [2.75, 3.05) is 31.1 Å². The number of hydrogen-bond donors (Lipinski definition) is 1. The zero-order chi connectivity index (χ0) is 13.1. The third-order valence-corrected chi connectivity index (χ3v) is 3.30. The lowest BCUT2D eigenvalue weighted by Crippen LogP contribution is -2.52. The standard InChI is InChI=1S/C12H18N4O2/c1-9(12(17)18)15-5-7-16(8-6-15)11-3-4-13-10(2)14-11/h3-4,9H,5-8H2,1-2H3,(H,17,18). The molecule has 0 amide bonds. The summed E-state index contributed by atoms with van der Waals surface area (Å²) >= 11 is 0. The van der Waals surface area contributed by atoms with Crippen molar-refractivity contribution in [1.82, 2.24) is 14.9 Å². The number of nitrogens with zero attached hydrogens (tertiary/aromatic N) is 4. The van der Waals surface area contributed by atoms with E-state index in [-0.39, 0.29) is 0 Å². The minimum absolute atomic E-state index is 0.417. The molecular weight excluding hydrogens is 232 g/mol. The third kappa shape index (κ3) is 2.76. The third-order valence-electron chi connectivity index (χ3n) is 3.30. The molecule has 2 heterocycles. The number of aliphatic carboxylic acids is 1. The topological polar surface area (TPSA) is 69.6 Å². The lowest BCUT2D eigenvalue weighted by Gasteiger charge is -2.37. The summed E-state index contributed by atoms with van der Waals surface area (Å²) in [4.78, 5) is 23.5. The van der Waals surface area contributed by atoms with E-state index in [1.165, 1.54) is 0 Å². The Morgan fingerprint density at radius 3 is 2.61 bits per heavy atom. The molecule has 1 atom stereocenters. The highest BCUT2D eigenvalue weighted by molar-refractivity contribution is 5.72. The Hall–Kier alpha value is -1.69. The van der Waals surface area contributed by atoms with Crippen molar-refractivity contribution in [2.45, 2.75) is 19.9 Å². The van der Waals surface area contributed by atoms with E-state index in [4.69, 9.17) is 5.11 Å². The maximum absolute atomic E-state index is 10.9. The molecule has 1 unspecified atom stereocenters. The first kappa shape index (κ1) is 12.8. The van der Waals surface area contributed by atoms with Gasteiger partial charge in [-0.3, -0.25) is 9.69 Å². The fourth-order valence-corrected chi connectivity index (χ4v) is 2.11. The number of carboxylic acid groups (broad SMARTS) is 1. The molecule has 1 aliphatic rings. The number of piperazine rings is 1. The maximum Gasteiger partial charge on any atom is 0.320 e. The first-order chi connectivity index (χ1) is 8.58. The first-order valence-corrected chi connectivity index (χ1v) is 6.09. The van der Waals surface area contributed by atoms with Crippen molar-refractivity contribution in [1.29, 1.82) is 0 Å². The van der Waals surface area contributed by atoms with Crippen LogP contribution >= 0.6 is 0 Å². The quantitative estimate of drug-likeness (QED) is 0.836. The van der Waals surface area contributed by atoms with Crippen LogP contribution < -0.4 is 4.90 Å². The molecule has 18 heavy (non-hydrogen) atoms. The smallest absolute Gasteiger partial charge is 0.320 e. The zero-order valence-corrected chi connectivity index (χ0v) is 10.7. The SMILES string of the molecule is Cc1nccc(N2CCN(C(C)C(=O)O)CC2)n1. The predicted octanol–water partition coefficient (Wildman–Crippen LogP) is 0.380. The Bertz CT molecular complexity index is 430. The van der Waals surface area contributed by atoms with Crippen LogP contribution in [0.2, 0.25) is 0 Å². The van der Waals surface area contributed by atoms with Gasteiger partial charge in [0, 0.05) is 32.4 Å². The van der Waals surface area contributed by atoms with E-state index in [1.54, 1.807) is 13.1 Å². The fraction of sp³-hybridized carbons (Fsp3) is 0.583. The van der Waals surface area contributed by atoms with Crippen LogP contribution in [0.5, 0.6) is 0 Å². The van der Waals surface area contributed by atoms with Crippen LogP contribution in [0, 0.1) is 6.92 Å². The number of aryl methyl sites for hydroxylation is 1. The normalized spacial score (nSPS) is 18.7. The summed E-state index contributed by atoms with van der Waals surface area (Å²) < 4.78 is 0. The minimum Gasteiger partial charge on any atom is -0.480 e. The van der Waals surface area contributed by atoms with Crippen LogP contribution in [0.15, 0.2) is 12.3 Å². The van der Waals surface area contributed by atoms with Crippen LogP contribution in [-0.4, -0.2) is 58.2 Å². The number of rotatable bonds is 3. The molecule has 1 aromatic heterocycles. The molecule has 1 saturated heterocycles. The van der Waals surface area contributed by atoms with Crippen molar-refractivity contribution in [3.63, 3.8) is 0 Å². The van der Waals surface area contributed by atoms with E-state index in [0.717, 1.165) is 37.8 Å². The second kappa shape index (κ2) is 5.30. The van der Waals surface area contributed by atoms with Gasteiger partial charge in [0.15, 0.2) is 0 Å². The molecule has 0 bridgehead atoms. The molecule has 1 aliphatic heterocycles. The molecule has 0 radical (unpaired) electrons. The van der Waals surface area contributed by atoms with E-state index in [9.17, 15) is 4.79 Å². The summed E-state index contributed by atoms with van der Waals surface area (Å²) in [7, 11) is 0. The van der Waals surface area contributed by atoms with Crippen LogP contribution in [0.4, 0.5) is 5.82 Å². The Kier molecular flexibility index (Phi) is 3.76. The van der Waals surface area contributed by atoms with Crippen LogP contribution in [0.1, 0.15) is 12.7 Å². The van der Waals surface area contributed by atoms with Crippen LogP contribution in [0.3, 0.4) is 0 Å². The Morgan fingerprint density at radius 1 is 1.39 bits per heavy atom. The van der Waals surface area contributed by atoms with Gasteiger partial charge in [-0.25, -0.2) is 9.97 Å².